The van der Waals surface area contributed by atoms with Gasteiger partial charge in [0.15, 0.2) is 5.11 Å². The minimum atomic E-state index is -3.51. The van der Waals surface area contributed by atoms with Crippen molar-refractivity contribution >= 4 is 50.8 Å². The first-order valence-electron chi connectivity index (χ1n) is 7.53. The van der Waals surface area contributed by atoms with Gasteiger partial charge in [-0.1, -0.05) is 6.07 Å². The molecule has 1 heterocycles. The van der Waals surface area contributed by atoms with Gasteiger partial charge in [0, 0.05) is 38.6 Å². The van der Waals surface area contributed by atoms with E-state index in [1.165, 1.54) is 33.3 Å². The van der Waals surface area contributed by atoms with E-state index in [9.17, 15) is 13.2 Å². The summed E-state index contributed by atoms with van der Waals surface area (Å²) in [6.07, 6.45) is 0. The van der Waals surface area contributed by atoms with Gasteiger partial charge in [-0.2, -0.15) is 0 Å². The number of sulfonamides is 1. The van der Waals surface area contributed by atoms with E-state index in [1.54, 1.807) is 23.9 Å². The molecule has 0 aliphatic carbocycles. The predicted molar refractivity (Wildman–Crippen MR) is 103 cm³/mol. The molecule has 25 heavy (non-hydrogen) atoms. The molecule has 0 radical (unpaired) electrons. The Labute approximate surface area is 157 Å². The van der Waals surface area contributed by atoms with Crippen LogP contribution in [0.1, 0.15) is 0 Å². The number of esters is 1. The van der Waals surface area contributed by atoms with Gasteiger partial charge in [0.25, 0.3) is 0 Å². The van der Waals surface area contributed by atoms with Crippen molar-refractivity contribution in [1.82, 2.24) is 9.21 Å². The van der Waals surface area contributed by atoms with Gasteiger partial charge in [0.1, 0.15) is 5.25 Å². The average Bonchev–Trinajstić information content (AvgIpc) is 2.61. The lowest BCUT2D eigenvalue weighted by molar-refractivity contribution is -0.140. The van der Waals surface area contributed by atoms with E-state index in [0.717, 1.165) is 10.1 Å². The zero-order valence-corrected chi connectivity index (χ0v) is 16.7. The van der Waals surface area contributed by atoms with Crippen LogP contribution in [0.4, 0.5) is 5.69 Å². The maximum atomic E-state index is 12.2. The van der Waals surface area contributed by atoms with E-state index in [1.807, 2.05) is 4.90 Å². The van der Waals surface area contributed by atoms with Gasteiger partial charge in [-0.25, -0.2) is 12.7 Å². The quantitative estimate of drug-likeness (QED) is 0.594. The molecule has 0 amide bonds. The number of hydrogen-bond donors (Lipinski definition) is 1. The van der Waals surface area contributed by atoms with Crippen molar-refractivity contribution in [3.05, 3.63) is 24.3 Å². The Kier molecular flexibility index (Phi) is 6.66. The minimum absolute atomic E-state index is 0.187. The van der Waals surface area contributed by atoms with Crippen LogP contribution in [-0.2, 0) is 19.6 Å². The van der Waals surface area contributed by atoms with Gasteiger partial charge in [0.2, 0.25) is 10.0 Å². The Morgan fingerprint density at radius 2 is 2.16 bits per heavy atom. The molecule has 1 atom stereocenters. The topological polar surface area (TPSA) is 79.0 Å². The fourth-order valence-electron chi connectivity index (χ4n) is 2.26. The van der Waals surface area contributed by atoms with Crippen LogP contribution < -0.4 is 5.32 Å². The van der Waals surface area contributed by atoms with E-state index in [2.05, 4.69) is 5.32 Å². The summed E-state index contributed by atoms with van der Waals surface area (Å²) in [5, 5.41) is 3.23. The van der Waals surface area contributed by atoms with Crippen molar-refractivity contribution in [2.75, 3.05) is 45.4 Å². The van der Waals surface area contributed by atoms with Crippen LogP contribution in [0.3, 0.4) is 0 Å². The summed E-state index contributed by atoms with van der Waals surface area (Å²) in [5.74, 6) is 0.493. The van der Waals surface area contributed by atoms with Crippen molar-refractivity contribution in [2.45, 2.75) is 10.1 Å². The third-order valence-electron chi connectivity index (χ3n) is 3.68. The summed E-state index contributed by atoms with van der Waals surface area (Å²) in [6.45, 7) is 1.17. The third kappa shape index (κ3) is 4.84. The summed E-state index contributed by atoms with van der Waals surface area (Å²) in [5.41, 5.74) is 0.584. The molecule has 10 heteroatoms. The average molecular weight is 404 g/mol. The second-order valence-electron chi connectivity index (χ2n) is 5.57. The lowest BCUT2D eigenvalue weighted by atomic mass is 10.3. The number of carbonyl (C=O) groups is 1. The molecule has 1 aromatic carbocycles. The van der Waals surface area contributed by atoms with Crippen LogP contribution >= 0.6 is 24.0 Å². The van der Waals surface area contributed by atoms with Gasteiger partial charge < -0.3 is 15.0 Å². The number of nitrogens with one attached hydrogen (secondary N) is 1. The molecule has 1 aliphatic rings. The first kappa shape index (κ1) is 20.0. The van der Waals surface area contributed by atoms with E-state index in [0.29, 0.717) is 23.9 Å². The van der Waals surface area contributed by atoms with Crippen LogP contribution in [0.15, 0.2) is 29.2 Å². The van der Waals surface area contributed by atoms with Crippen LogP contribution in [0.5, 0.6) is 0 Å². The van der Waals surface area contributed by atoms with Crippen LogP contribution in [0, 0.1) is 0 Å². The number of thioether (sulfide) groups is 1. The molecular weight excluding hydrogens is 382 g/mol. The third-order valence-corrected chi connectivity index (χ3v) is 7.02. The van der Waals surface area contributed by atoms with Crippen LogP contribution in [-0.4, -0.2) is 74.0 Å². The normalized spacial score (nSPS) is 18.1. The lowest BCUT2D eigenvalue weighted by Crippen LogP contribution is -2.46. The smallest absolute Gasteiger partial charge is 0.320 e. The summed E-state index contributed by atoms with van der Waals surface area (Å²) in [6, 6.07) is 6.48. The highest BCUT2D eigenvalue weighted by Gasteiger charge is 2.28. The number of thiocarbonyl (C=S) groups is 1. The molecule has 1 N–H and O–H groups in total. The molecule has 0 bridgehead atoms. The van der Waals surface area contributed by atoms with E-state index in [4.69, 9.17) is 17.0 Å². The Morgan fingerprint density at radius 1 is 1.44 bits per heavy atom. The largest absolute Gasteiger partial charge is 0.468 e. The zero-order valence-electron chi connectivity index (χ0n) is 14.3. The van der Waals surface area contributed by atoms with Gasteiger partial charge in [-0.3, -0.25) is 4.79 Å². The van der Waals surface area contributed by atoms with E-state index >= 15 is 0 Å². The molecule has 0 saturated carbocycles. The highest BCUT2D eigenvalue weighted by atomic mass is 32.2. The summed E-state index contributed by atoms with van der Waals surface area (Å²) < 4.78 is 30.4. The first-order valence-corrected chi connectivity index (χ1v) is 10.4. The Balaban J connectivity index is 2.09. The fourth-order valence-corrected chi connectivity index (χ4v) is 4.62. The molecule has 138 valence electrons. The van der Waals surface area contributed by atoms with Gasteiger partial charge in [-0.15, -0.1) is 11.8 Å². The molecule has 1 aliphatic heterocycles. The van der Waals surface area contributed by atoms with Crippen molar-refractivity contribution in [3.8, 4) is 0 Å². The molecule has 0 aromatic heterocycles. The number of carbonyl (C=O) groups excluding carboxylic acids is 1. The Morgan fingerprint density at radius 3 is 2.80 bits per heavy atom. The monoisotopic (exact) mass is 403 g/mol. The van der Waals surface area contributed by atoms with Gasteiger partial charge in [0.05, 0.1) is 12.0 Å². The van der Waals surface area contributed by atoms with E-state index in [-0.39, 0.29) is 16.1 Å². The number of nitrogens with zero attached hydrogens (tertiary/aromatic N) is 2. The fraction of sp³-hybridized carbons (Fsp3) is 0.467. The second kappa shape index (κ2) is 8.35. The molecule has 0 spiro atoms. The van der Waals surface area contributed by atoms with Crippen molar-refractivity contribution in [2.24, 2.45) is 0 Å². The second-order valence-corrected chi connectivity index (χ2v) is 9.42. The SMILES string of the molecule is COC(=O)[C@@H]1CN(C(=S)Nc2cccc(S(=O)(=O)N(C)C)c2)CCS1. The van der Waals surface area contributed by atoms with E-state index < -0.39 is 10.0 Å². The molecule has 2 rings (SSSR count). The number of hydrogen-bond acceptors (Lipinski definition) is 6. The van der Waals surface area contributed by atoms with Crippen molar-refractivity contribution < 1.29 is 17.9 Å². The van der Waals surface area contributed by atoms with Crippen molar-refractivity contribution in [1.29, 1.82) is 0 Å². The van der Waals surface area contributed by atoms with Crippen LogP contribution in [0.2, 0.25) is 0 Å². The summed E-state index contributed by atoms with van der Waals surface area (Å²) >= 11 is 6.96. The van der Waals surface area contributed by atoms with Crippen molar-refractivity contribution in [3.63, 3.8) is 0 Å². The zero-order chi connectivity index (χ0) is 18.6. The number of ether oxygens (including phenoxy) is 1. The molecule has 1 saturated heterocycles. The van der Waals surface area contributed by atoms with Gasteiger partial charge in [-0.05, 0) is 30.4 Å². The highest BCUT2D eigenvalue weighted by molar-refractivity contribution is 8.00. The molecule has 1 fully saturated rings. The molecule has 7 nitrogen and oxygen atoms in total. The number of anilines is 1. The standard InChI is InChI=1S/C15H21N3O4S3/c1-17(2)25(20,21)12-6-4-5-11(9-12)16-15(23)18-7-8-24-13(10-18)14(19)22-3/h4-6,9,13H,7-8,10H2,1-3H3,(H,16,23)/t13-/m0/s1. The summed E-state index contributed by atoms with van der Waals surface area (Å²) in [4.78, 5) is 13.8. The van der Waals surface area contributed by atoms with Gasteiger partial charge >= 0.3 is 5.97 Å². The summed E-state index contributed by atoms with van der Waals surface area (Å²) in [7, 11) is 0.828. The maximum Gasteiger partial charge on any atom is 0.320 e. The predicted octanol–water partition coefficient (Wildman–Crippen LogP) is 1.22. The Bertz CT molecular complexity index is 752. The Hall–Kier alpha value is -1.36. The number of rotatable bonds is 4. The molecule has 1 aromatic rings. The number of methoxy groups -OCH3 is 1. The highest BCUT2D eigenvalue weighted by Crippen LogP contribution is 2.22. The lowest BCUT2D eigenvalue weighted by Gasteiger charge is -2.33. The van der Waals surface area contributed by atoms with Crippen LogP contribution in [0.25, 0.3) is 0 Å². The minimum Gasteiger partial charge on any atom is -0.468 e. The maximum absolute atomic E-state index is 12.2. The first-order chi connectivity index (χ1) is 11.8. The molecular formula is C15H21N3O4S3. The number of benzene rings is 1. The molecule has 0 unspecified atom stereocenters.